The van der Waals surface area contributed by atoms with Gasteiger partial charge in [0.05, 0.1) is 6.10 Å². The minimum absolute atomic E-state index is 0.548. The Labute approximate surface area is 87.7 Å². The molecule has 0 aromatic carbocycles. The monoisotopic (exact) mass is 197 g/mol. The first kappa shape index (κ1) is 11.7. The normalized spacial score (nSPS) is 23.6. The summed E-state index contributed by atoms with van der Waals surface area (Å²) in [6.07, 6.45) is 8.54. The highest BCUT2D eigenvalue weighted by atomic mass is 16.5. The van der Waals surface area contributed by atoms with Crippen LogP contribution in [0, 0.1) is 0 Å². The minimum Gasteiger partial charge on any atom is -0.378 e. The van der Waals surface area contributed by atoms with Gasteiger partial charge in [-0.3, -0.25) is 0 Å². The van der Waals surface area contributed by atoms with Crippen molar-refractivity contribution in [3.05, 3.63) is 12.7 Å². The summed E-state index contributed by atoms with van der Waals surface area (Å²) in [6.45, 7) is 8.02. The SMILES string of the molecule is C=CCC(C)NCCCC1CCCO1. The first-order valence-corrected chi connectivity index (χ1v) is 5.79. The third-order valence-electron chi connectivity index (χ3n) is 2.74. The van der Waals surface area contributed by atoms with Crippen LogP contribution in [0.2, 0.25) is 0 Å². The Kier molecular flexibility index (Phi) is 5.88. The second-order valence-electron chi connectivity index (χ2n) is 4.16. The van der Waals surface area contributed by atoms with Gasteiger partial charge in [0, 0.05) is 12.6 Å². The summed E-state index contributed by atoms with van der Waals surface area (Å²) in [6, 6.07) is 0.567. The van der Waals surface area contributed by atoms with Gasteiger partial charge in [0.2, 0.25) is 0 Å². The lowest BCUT2D eigenvalue weighted by Crippen LogP contribution is -2.26. The second kappa shape index (κ2) is 7.02. The Bertz CT molecular complexity index is 152. The largest absolute Gasteiger partial charge is 0.378 e. The molecule has 1 fully saturated rings. The summed E-state index contributed by atoms with van der Waals surface area (Å²) in [5, 5.41) is 3.48. The number of rotatable bonds is 7. The van der Waals surface area contributed by atoms with Gasteiger partial charge in [-0.1, -0.05) is 6.08 Å². The highest BCUT2D eigenvalue weighted by molar-refractivity contribution is 4.74. The van der Waals surface area contributed by atoms with Crippen LogP contribution in [0.3, 0.4) is 0 Å². The van der Waals surface area contributed by atoms with Crippen LogP contribution in [0.1, 0.15) is 39.0 Å². The van der Waals surface area contributed by atoms with Gasteiger partial charge in [0.1, 0.15) is 0 Å². The van der Waals surface area contributed by atoms with E-state index in [9.17, 15) is 0 Å². The maximum absolute atomic E-state index is 5.56. The second-order valence-corrected chi connectivity index (χ2v) is 4.16. The minimum atomic E-state index is 0.548. The van der Waals surface area contributed by atoms with Crippen molar-refractivity contribution in [2.75, 3.05) is 13.2 Å². The Balaban J connectivity index is 1.90. The Morgan fingerprint density at radius 2 is 2.50 bits per heavy atom. The van der Waals surface area contributed by atoms with Crippen LogP contribution in [0.15, 0.2) is 12.7 Å². The van der Waals surface area contributed by atoms with Crippen LogP contribution in [-0.4, -0.2) is 25.3 Å². The van der Waals surface area contributed by atoms with E-state index in [1.54, 1.807) is 0 Å². The highest BCUT2D eigenvalue weighted by Gasteiger charge is 2.14. The fourth-order valence-corrected chi connectivity index (χ4v) is 1.88. The van der Waals surface area contributed by atoms with Crippen molar-refractivity contribution in [1.82, 2.24) is 5.32 Å². The van der Waals surface area contributed by atoms with Gasteiger partial charge < -0.3 is 10.1 Å². The molecular formula is C12H23NO. The van der Waals surface area contributed by atoms with Crippen LogP contribution in [0.4, 0.5) is 0 Å². The van der Waals surface area contributed by atoms with Crippen molar-refractivity contribution in [3.8, 4) is 0 Å². The van der Waals surface area contributed by atoms with Gasteiger partial charge in [-0.25, -0.2) is 0 Å². The number of hydrogen-bond acceptors (Lipinski definition) is 2. The molecule has 2 heteroatoms. The van der Waals surface area contributed by atoms with Gasteiger partial charge in [0.25, 0.3) is 0 Å². The average molecular weight is 197 g/mol. The van der Waals surface area contributed by atoms with Crippen molar-refractivity contribution in [3.63, 3.8) is 0 Å². The fourth-order valence-electron chi connectivity index (χ4n) is 1.88. The van der Waals surface area contributed by atoms with Crippen LogP contribution >= 0.6 is 0 Å². The van der Waals surface area contributed by atoms with E-state index in [1.807, 2.05) is 6.08 Å². The van der Waals surface area contributed by atoms with E-state index in [4.69, 9.17) is 4.74 Å². The zero-order chi connectivity index (χ0) is 10.2. The van der Waals surface area contributed by atoms with Gasteiger partial charge in [-0.05, 0) is 45.6 Å². The van der Waals surface area contributed by atoms with Crippen LogP contribution in [0.5, 0.6) is 0 Å². The third kappa shape index (κ3) is 4.77. The van der Waals surface area contributed by atoms with Crippen LogP contribution in [0.25, 0.3) is 0 Å². The van der Waals surface area contributed by atoms with Crippen molar-refractivity contribution in [1.29, 1.82) is 0 Å². The molecule has 0 amide bonds. The fraction of sp³-hybridized carbons (Fsp3) is 0.833. The molecule has 2 atom stereocenters. The van der Waals surface area contributed by atoms with E-state index in [1.165, 1.54) is 25.7 Å². The van der Waals surface area contributed by atoms with Gasteiger partial charge in [-0.2, -0.15) is 0 Å². The van der Waals surface area contributed by atoms with Gasteiger partial charge >= 0.3 is 0 Å². The number of nitrogens with one attached hydrogen (secondary N) is 1. The Morgan fingerprint density at radius 1 is 1.64 bits per heavy atom. The molecule has 0 bridgehead atoms. The van der Waals surface area contributed by atoms with E-state index >= 15 is 0 Å². The molecule has 1 saturated heterocycles. The molecular weight excluding hydrogens is 174 g/mol. The van der Waals surface area contributed by atoms with Crippen molar-refractivity contribution in [2.45, 2.75) is 51.2 Å². The summed E-state index contributed by atoms with van der Waals surface area (Å²) in [5.41, 5.74) is 0. The van der Waals surface area contributed by atoms with Crippen molar-refractivity contribution >= 4 is 0 Å². The molecule has 1 rings (SSSR count). The lowest BCUT2D eigenvalue weighted by molar-refractivity contribution is 0.102. The number of ether oxygens (including phenoxy) is 1. The number of hydrogen-bond donors (Lipinski definition) is 1. The molecule has 14 heavy (non-hydrogen) atoms. The quantitative estimate of drug-likeness (QED) is 0.500. The molecule has 0 aliphatic carbocycles. The summed E-state index contributed by atoms with van der Waals surface area (Å²) >= 11 is 0. The van der Waals surface area contributed by atoms with E-state index in [0.717, 1.165) is 19.6 Å². The molecule has 0 aromatic heterocycles. The maximum Gasteiger partial charge on any atom is 0.0576 e. The molecule has 0 radical (unpaired) electrons. The predicted molar refractivity (Wildman–Crippen MR) is 60.5 cm³/mol. The smallest absolute Gasteiger partial charge is 0.0576 e. The lowest BCUT2D eigenvalue weighted by Gasteiger charge is -2.13. The molecule has 1 aliphatic rings. The molecule has 0 spiro atoms. The average Bonchev–Trinajstić information content (AvgIpc) is 2.65. The van der Waals surface area contributed by atoms with E-state index < -0.39 is 0 Å². The topological polar surface area (TPSA) is 21.3 Å². The summed E-state index contributed by atoms with van der Waals surface area (Å²) in [5.74, 6) is 0. The van der Waals surface area contributed by atoms with E-state index in [-0.39, 0.29) is 0 Å². The summed E-state index contributed by atoms with van der Waals surface area (Å²) in [4.78, 5) is 0. The molecule has 1 aliphatic heterocycles. The molecule has 2 unspecified atom stereocenters. The molecule has 0 saturated carbocycles. The van der Waals surface area contributed by atoms with E-state index in [0.29, 0.717) is 12.1 Å². The van der Waals surface area contributed by atoms with Crippen molar-refractivity contribution in [2.24, 2.45) is 0 Å². The highest BCUT2D eigenvalue weighted by Crippen LogP contribution is 2.16. The Morgan fingerprint density at radius 3 is 3.14 bits per heavy atom. The zero-order valence-electron chi connectivity index (χ0n) is 9.30. The molecule has 2 nitrogen and oxygen atoms in total. The van der Waals surface area contributed by atoms with Crippen LogP contribution < -0.4 is 5.32 Å². The molecule has 0 aromatic rings. The lowest BCUT2D eigenvalue weighted by atomic mass is 10.1. The molecule has 1 heterocycles. The van der Waals surface area contributed by atoms with Crippen molar-refractivity contribution < 1.29 is 4.74 Å². The standard InChI is InChI=1S/C12H23NO/c1-3-6-11(2)13-9-4-7-12-8-5-10-14-12/h3,11-13H,1,4-10H2,2H3. The van der Waals surface area contributed by atoms with Gasteiger partial charge in [-0.15, -0.1) is 6.58 Å². The van der Waals surface area contributed by atoms with Gasteiger partial charge in [0.15, 0.2) is 0 Å². The van der Waals surface area contributed by atoms with Crippen LogP contribution in [-0.2, 0) is 4.74 Å². The predicted octanol–water partition coefficient (Wildman–Crippen LogP) is 2.50. The molecule has 82 valence electrons. The Hall–Kier alpha value is -0.340. The molecule has 1 N–H and O–H groups in total. The first-order chi connectivity index (χ1) is 6.83. The summed E-state index contributed by atoms with van der Waals surface area (Å²) < 4.78 is 5.56. The summed E-state index contributed by atoms with van der Waals surface area (Å²) in [7, 11) is 0. The van der Waals surface area contributed by atoms with E-state index in [2.05, 4.69) is 18.8 Å². The maximum atomic E-state index is 5.56. The third-order valence-corrected chi connectivity index (χ3v) is 2.74. The zero-order valence-corrected chi connectivity index (χ0v) is 9.30. The first-order valence-electron chi connectivity index (χ1n) is 5.79.